The number of benzene rings is 1. The maximum Gasteiger partial charge on any atom is 0.240 e. The van der Waals surface area contributed by atoms with Crippen LogP contribution in [0.4, 0.5) is 5.69 Å². The average Bonchev–Trinajstić information content (AvgIpc) is 2.81. The van der Waals surface area contributed by atoms with Crippen molar-refractivity contribution in [2.45, 2.75) is 36.8 Å². The van der Waals surface area contributed by atoms with Crippen LogP contribution in [-0.4, -0.2) is 27.2 Å². The van der Waals surface area contributed by atoms with E-state index in [4.69, 9.17) is 9.88 Å². The number of sulfonamides is 1. The van der Waals surface area contributed by atoms with Gasteiger partial charge in [-0.25, -0.2) is 13.6 Å². The van der Waals surface area contributed by atoms with Gasteiger partial charge in [0.25, 0.3) is 0 Å². The van der Waals surface area contributed by atoms with Crippen LogP contribution >= 0.6 is 0 Å². The second-order valence-electron chi connectivity index (χ2n) is 4.53. The normalized spacial score (nSPS) is 21.8. The molecule has 0 bridgehead atoms. The molecule has 0 spiro atoms. The largest absolute Gasteiger partial charge is 0.379 e. The fraction of sp³-hybridized carbons (Fsp3) is 0.500. The lowest BCUT2D eigenvalue weighted by molar-refractivity contribution is 0.0996. The Kier molecular flexibility index (Phi) is 3.89. The molecule has 100 valence electrons. The molecule has 2 unspecified atom stereocenters. The summed E-state index contributed by atoms with van der Waals surface area (Å²) >= 11 is 0. The number of hydrogen-bond donors (Lipinski definition) is 2. The van der Waals surface area contributed by atoms with Crippen LogP contribution in [-0.2, 0) is 14.8 Å². The zero-order valence-electron chi connectivity index (χ0n) is 10.3. The van der Waals surface area contributed by atoms with Crippen molar-refractivity contribution in [2.75, 3.05) is 11.9 Å². The van der Waals surface area contributed by atoms with E-state index in [1.54, 1.807) is 18.2 Å². The summed E-state index contributed by atoms with van der Waals surface area (Å²) in [6.07, 6.45) is 2.16. The van der Waals surface area contributed by atoms with Crippen molar-refractivity contribution in [3.8, 4) is 0 Å². The Balaban J connectivity index is 2.18. The van der Waals surface area contributed by atoms with Gasteiger partial charge in [0.05, 0.1) is 11.8 Å². The van der Waals surface area contributed by atoms with Gasteiger partial charge in [0, 0.05) is 12.6 Å². The molecule has 0 amide bonds. The van der Waals surface area contributed by atoms with E-state index >= 15 is 0 Å². The van der Waals surface area contributed by atoms with Gasteiger partial charge in [0.1, 0.15) is 4.90 Å². The Labute approximate surface area is 107 Å². The number of ether oxygens (including phenoxy) is 1. The van der Waals surface area contributed by atoms with E-state index in [1.165, 1.54) is 6.07 Å². The summed E-state index contributed by atoms with van der Waals surface area (Å²) in [5, 5.41) is 8.36. The molecule has 2 atom stereocenters. The standard InChI is InChI=1S/C12H18N2O3S/c1-9(11-6-4-8-17-11)14-10-5-2-3-7-12(10)18(13,15)16/h2-3,5,7,9,11,14H,4,6,8H2,1H3,(H2,13,15,16). The van der Waals surface area contributed by atoms with E-state index in [9.17, 15) is 8.42 Å². The second-order valence-corrected chi connectivity index (χ2v) is 6.06. The van der Waals surface area contributed by atoms with Crippen LogP contribution in [0.3, 0.4) is 0 Å². The third kappa shape index (κ3) is 3.01. The van der Waals surface area contributed by atoms with E-state index in [0.717, 1.165) is 19.4 Å². The molecule has 1 aliphatic rings. The summed E-state index contributed by atoms with van der Waals surface area (Å²) in [4.78, 5) is 0.120. The molecule has 1 heterocycles. The number of hydrogen-bond acceptors (Lipinski definition) is 4. The molecule has 1 saturated heterocycles. The van der Waals surface area contributed by atoms with E-state index in [-0.39, 0.29) is 17.0 Å². The minimum Gasteiger partial charge on any atom is -0.379 e. The number of anilines is 1. The molecule has 1 fully saturated rings. The number of primary sulfonamides is 1. The third-order valence-electron chi connectivity index (χ3n) is 3.10. The summed E-state index contributed by atoms with van der Waals surface area (Å²) in [7, 11) is -3.71. The molecule has 0 radical (unpaired) electrons. The van der Waals surface area contributed by atoms with E-state index in [0.29, 0.717) is 5.69 Å². The van der Waals surface area contributed by atoms with E-state index in [2.05, 4.69) is 5.32 Å². The van der Waals surface area contributed by atoms with Gasteiger partial charge in [-0.15, -0.1) is 0 Å². The van der Waals surface area contributed by atoms with Gasteiger partial charge in [-0.05, 0) is 31.9 Å². The van der Waals surface area contributed by atoms with Gasteiger partial charge in [0.15, 0.2) is 0 Å². The monoisotopic (exact) mass is 270 g/mol. The highest BCUT2D eigenvalue weighted by Crippen LogP contribution is 2.23. The maximum absolute atomic E-state index is 11.5. The predicted octanol–water partition coefficient (Wildman–Crippen LogP) is 1.31. The first-order chi connectivity index (χ1) is 8.48. The summed E-state index contributed by atoms with van der Waals surface area (Å²) in [6, 6.07) is 6.70. The minimum absolute atomic E-state index is 0.0513. The van der Waals surface area contributed by atoms with Crippen molar-refractivity contribution >= 4 is 15.7 Å². The Hall–Kier alpha value is -1.11. The van der Waals surface area contributed by atoms with Gasteiger partial charge < -0.3 is 10.1 Å². The molecule has 18 heavy (non-hydrogen) atoms. The molecule has 1 aliphatic heterocycles. The first kappa shape index (κ1) is 13.3. The Morgan fingerprint density at radius 3 is 2.78 bits per heavy atom. The SMILES string of the molecule is CC(Nc1ccccc1S(N)(=O)=O)C1CCCO1. The summed E-state index contributed by atoms with van der Waals surface area (Å²) in [5.74, 6) is 0. The van der Waals surface area contributed by atoms with Crippen molar-refractivity contribution in [1.29, 1.82) is 0 Å². The Morgan fingerprint density at radius 1 is 1.44 bits per heavy atom. The van der Waals surface area contributed by atoms with Gasteiger partial charge >= 0.3 is 0 Å². The molecular weight excluding hydrogens is 252 g/mol. The lowest BCUT2D eigenvalue weighted by Crippen LogP contribution is -2.31. The van der Waals surface area contributed by atoms with Crippen LogP contribution in [0.2, 0.25) is 0 Å². The quantitative estimate of drug-likeness (QED) is 0.864. The predicted molar refractivity (Wildman–Crippen MR) is 69.9 cm³/mol. The lowest BCUT2D eigenvalue weighted by atomic mass is 10.1. The van der Waals surface area contributed by atoms with Crippen molar-refractivity contribution in [1.82, 2.24) is 0 Å². The fourth-order valence-corrected chi connectivity index (χ4v) is 2.87. The number of rotatable bonds is 4. The highest BCUT2D eigenvalue weighted by atomic mass is 32.2. The van der Waals surface area contributed by atoms with Gasteiger partial charge in [-0.2, -0.15) is 0 Å². The van der Waals surface area contributed by atoms with Crippen molar-refractivity contribution < 1.29 is 13.2 Å². The molecule has 0 aromatic heterocycles. The molecule has 3 N–H and O–H groups in total. The van der Waals surface area contributed by atoms with E-state index in [1.807, 2.05) is 6.92 Å². The molecule has 0 saturated carbocycles. The highest BCUT2D eigenvalue weighted by Gasteiger charge is 2.23. The smallest absolute Gasteiger partial charge is 0.240 e. The maximum atomic E-state index is 11.5. The second kappa shape index (κ2) is 5.26. The minimum atomic E-state index is -3.71. The van der Waals surface area contributed by atoms with Gasteiger partial charge in [0.2, 0.25) is 10.0 Å². The van der Waals surface area contributed by atoms with Crippen molar-refractivity contribution in [3.05, 3.63) is 24.3 Å². The Morgan fingerprint density at radius 2 is 2.17 bits per heavy atom. The zero-order chi connectivity index (χ0) is 13.2. The lowest BCUT2D eigenvalue weighted by Gasteiger charge is -2.22. The highest BCUT2D eigenvalue weighted by molar-refractivity contribution is 7.89. The first-order valence-corrected chi connectivity index (χ1v) is 7.53. The molecule has 1 aromatic carbocycles. The third-order valence-corrected chi connectivity index (χ3v) is 4.07. The topological polar surface area (TPSA) is 81.4 Å². The van der Waals surface area contributed by atoms with Crippen molar-refractivity contribution in [2.24, 2.45) is 5.14 Å². The molecule has 1 aromatic rings. The molecular formula is C12H18N2O3S. The first-order valence-electron chi connectivity index (χ1n) is 5.98. The van der Waals surface area contributed by atoms with Crippen molar-refractivity contribution in [3.63, 3.8) is 0 Å². The van der Waals surface area contributed by atoms with Crippen LogP contribution in [0, 0.1) is 0 Å². The van der Waals surface area contributed by atoms with Crippen LogP contribution in [0.15, 0.2) is 29.2 Å². The van der Waals surface area contributed by atoms with Crippen LogP contribution in [0.5, 0.6) is 0 Å². The Bertz CT molecular complexity index is 510. The molecule has 0 aliphatic carbocycles. The summed E-state index contributed by atoms with van der Waals surface area (Å²) in [5.41, 5.74) is 0.531. The number of nitrogens with two attached hydrogens (primary N) is 1. The van der Waals surface area contributed by atoms with E-state index < -0.39 is 10.0 Å². The summed E-state index contributed by atoms with van der Waals surface area (Å²) in [6.45, 7) is 2.75. The fourth-order valence-electron chi connectivity index (χ4n) is 2.17. The molecule has 2 rings (SSSR count). The van der Waals surface area contributed by atoms with Crippen LogP contribution in [0.25, 0.3) is 0 Å². The van der Waals surface area contributed by atoms with Crippen LogP contribution in [0.1, 0.15) is 19.8 Å². The van der Waals surface area contributed by atoms with Gasteiger partial charge in [-0.1, -0.05) is 12.1 Å². The number of nitrogens with one attached hydrogen (secondary N) is 1. The van der Waals surface area contributed by atoms with Crippen LogP contribution < -0.4 is 10.5 Å². The van der Waals surface area contributed by atoms with Gasteiger partial charge in [-0.3, -0.25) is 0 Å². The molecule has 5 nitrogen and oxygen atoms in total. The average molecular weight is 270 g/mol. The zero-order valence-corrected chi connectivity index (χ0v) is 11.1. The number of para-hydroxylation sites is 1. The summed E-state index contributed by atoms with van der Waals surface area (Å²) < 4.78 is 28.5. The molecule has 6 heteroatoms.